The van der Waals surface area contributed by atoms with Crippen molar-refractivity contribution in [1.29, 1.82) is 0 Å². The Labute approximate surface area is 163 Å². The summed E-state index contributed by atoms with van der Waals surface area (Å²) in [4.78, 5) is 24.1. The lowest BCUT2D eigenvalue weighted by atomic mass is 9.96. The minimum absolute atomic E-state index is 0.116. The lowest BCUT2D eigenvalue weighted by molar-refractivity contribution is -0.117. The second-order valence-electron chi connectivity index (χ2n) is 6.75. The number of nitrogens with one attached hydrogen (secondary N) is 2. The highest BCUT2D eigenvalue weighted by atomic mass is 32.2. The molecule has 1 aromatic carbocycles. The zero-order valence-electron chi connectivity index (χ0n) is 15.5. The van der Waals surface area contributed by atoms with Crippen LogP contribution in [0.15, 0.2) is 35.5 Å². The molecule has 1 heterocycles. The second kappa shape index (κ2) is 9.55. The number of hydrogen-bond donors (Lipinski definition) is 2. The van der Waals surface area contributed by atoms with Crippen molar-refractivity contribution in [2.75, 3.05) is 5.75 Å². The molecule has 0 unspecified atom stereocenters. The largest absolute Gasteiger partial charge is 0.335 e. The highest BCUT2D eigenvalue weighted by Crippen LogP contribution is 2.19. The predicted molar refractivity (Wildman–Crippen MR) is 105 cm³/mol. The number of hydrogen-bond acceptors (Lipinski definition) is 5. The first-order valence-corrected chi connectivity index (χ1v) is 10.3. The van der Waals surface area contributed by atoms with Crippen LogP contribution in [-0.4, -0.2) is 38.5 Å². The van der Waals surface area contributed by atoms with E-state index >= 15 is 0 Å². The van der Waals surface area contributed by atoms with Crippen molar-refractivity contribution >= 4 is 23.7 Å². The third-order valence-electron chi connectivity index (χ3n) is 4.61. The van der Waals surface area contributed by atoms with Crippen LogP contribution in [0.4, 0.5) is 4.79 Å². The van der Waals surface area contributed by atoms with Gasteiger partial charge >= 0.3 is 6.03 Å². The van der Waals surface area contributed by atoms with Crippen molar-refractivity contribution in [3.05, 3.63) is 41.7 Å². The molecule has 2 aromatic rings. The molecule has 0 atom stereocenters. The van der Waals surface area contributed by atoms with Crippen LogP contribution in [0.2, 0.25) is 0 Å². The molecular weight excluding hydrogens is 362 g/mol. The van der Waals surface area contributed by atoms with Crippen molar-refractivity contribution in [3.63, 3.8) is 0 Å². The zero-order chi connectivity index (χ0) is 19.1. The molecule has 8 heteroatoms. The second-order valence-corrected chi connectivity index (χ2v) is 7.69. The Hall–Kier alpha value is -2.35. The van der Waals surface area contributed by atoms with Gasteiger partial charge in [0.1, 0.15) is 5.82 Å². The van der Waals surface area contributed by atoms with Gasteiger partial charge in [-0.1, -0.05) is 61.4 Å². The first-order chi connectivity index (χ1) is 13.1. The van der Waals surface area contributed by atoms with Crippen molar-refractivity contribution in [2.45, 2.75) is 56.8 Å². The summed E-state index contributed by atoms with van der Waals surface area (Å²) >= 11 is 1.28. The Balaban J connectivity index is 1.49. The normalized spacial score (nSPS) is 14.7. The molecule has 1 saturated carbocycles. The van der Waals surface area contributed by atoms with Gasteiger partial charge in [-0.15, -0.1) is 10.2 Å². The van der Waals surface area contributed by atoms with Gasteiger partial charge in [0.2, 0.25) is 5.91 Å². The maximum Gasteiger partial charge on any atom is 0.321 e. The summed E-state index contributed by atoms with van der Waals surface area (Å²) in [6.45, 7) is 2.53. The van der Waals surface area contributed by atoms with Crippen molar-refractivity contribution < 1.29 is 9.59 Å². The fourth-order valence-corrected chi connectivity index (χ4v) is 3.96. The number of amides is 3. The van der Waals surface area contributed by atoms with Gasteiger partial charge < -0.3 is 9.88 Å². The Morgan fingerprint density at radius 1 is 1.15 bits per heavy atom. The molecular formula is C19H25N5O2S. The minimum Gasteiger partial charge on any atom is -0.335 e. The minimum atomic E-state index is -0.408. The van der Waals surface area contributed by atoms with Crippen LogP contribution in [0.3, 0.4) is 0 Å². The molecule has 1 aliphatic carbocycles. The Morgan fingerprint density at radius 3 is 2.63 bits per heavy atom. The molecule has 3 rings (SSSR count). The monoisotopic (exact) mass is 387 g/mol. The fraction of sp³-hybridized carbons (Fsp3) is 0.474. The summed E-state index contributed by atoms with van der Waals surface area (Å²) in [5, 5.41) is 14.2. The van der Waals surface area contributed by atoms with Gasteiger partial charge in [-0.2, -0.15) is 0 Å². The smallest absolute Gasteiger partial charge is 0.321 e. The highest BCUT2D eigenvalue weighted by molar-refractivity contribution is 7.99. The average molecular weight is 388 g/mol. The lowest BCUT2D eigenvalue weighted by Gasteiger charge is -2.22. The van der Waals surface area contributed by atoms with E-state index in [4.69, 9.17) is 0 Å². The van der Waals surface area contributed by atoms with Gasteiger partial charge in [0, 0.05) is 6.04 Å². The van der Waals surface area contributed by atoms with Crippen LogP contribution >= 0.6 is 11.8 Å². The number of benzene rings is 1. The maximum atomic E-state index is 12.1. The first-order valence-electron chi connectivity index (χ1n) is 9.28. The van der Waals surface area contributed by atoms with E-state index in [2.05, 4.69) is 20.8 Å². The number of urea groups is 1. The molecule has 1 aliphatic rings. The summed E-state index contributed by atoms with van der Waals surface area (Å²) < 4.78 is 1.97. The third kappa shape index (κ3) is 5.82. The Kier molecular flexibility index (Phi) is 6.86. The van der Waals surface area contributed by atoms with Crippen molar-refractivity contribution in [1.82, 2.24) is 25.4 Å². The van der Waals surface area contributed by atoms with Gasteiger partial charge in [0.25, 0.3) is 0 Å². The molecule has 7 nitrogen and oxygen atoms in total. The first kappa shape index (κ1) is 19.4. The molecule has 0 bridgehead atoms. The number of carbonyl (C=O) groups is 2. The molecule has 0 saturated heterocycles. The molecule has 3 amide bonds. The van der Waals surface area contributed by atoms with Crippen molar-refractivity contribution in [3.8, 4) is 0 Å². The number of aryl methyl sites for hydroxylation is 1. The molecule has 0 spiro atoms. The number of aromatic nitrogens is 3. The Morgan fingerprint density at radius 2 is 1.89 bits per heavy atom. The molecule has 0 aliphatic heterocycles. The standard InChI is InChI=1S/C19H25N5O2S/c1-14-22-23-19(24(14)12-15-8-4-2-5-9-15)27-13-17(25)21-18(26)20-16-10-6-3-7-11-16/h2,4-5,8-9,16H,3,6-7,10-13H2,1H3,(H2,20,21,25,26). The van der Waals surface area contributed by atoms with Gasteiger partial charge in [0.05, 0.1) is 12.3 Å². The summed E-state index contributed by atoms with van der Waals surface area (Å²) in [5.41, 5.74) is 1.14. The summed E-state index contributed by atoms with van der Waals surface area (Å²) in [5.74, 6) is 0.572. The average Bonchev–Trinajstić information content (AvgIpc) is 3.01. The van der Waals surface area contributed by atoms with E-state index in [-0.39, 0.29) is 17.7 Å². The fourth-order valence-electron chi connectivity index (χ4n) is 3.18. The van der Waals surface area contributed by atoms with E-state index in [1.165, 1.54) is 18.2 Å². The molecule has 2 N–H and O–H groups in total. The summed E-state index contributed by atoms with van der Waals surface area (Å²) in [6.07, 6.45) is 5.45. The van der Waals surface area contributed by atoms with Crippen LogP contribution in [-0.2, 0) is 11.3 Å². The number of carbonyl (C=O) groups excluding carboxylic acids is 2. The van der Waals surface area contributed by atoms with Crippen molar-refractivity contribution in [2.24, 2.45) is 0 Å². The van der Waals surface area contributed by atoms with E-state index < -0.39 is 6.03 Å². The van der Waals surface area contributed by atoms with Crippen LogP contribution < -0.4 is 10.6 Å². The van der Waals surface area contributed by atoms with Gasteiger partial charge in [-0.05, 0) is 25.3 Å². The number of rotatable bonds is 6. The van der Waals surface area contributed by atoms with E-state index in [1.54, 1.807) is 0 Å². The van der Waals surface area contributed by atoms with Crippen LogP contribution in [0.1, 0.15) is 43.5 Å². The number of thioether (sulfide) groups is 1. The van der Waals surface area contributed by atoms with E-state index in [9.17, 15) is 9.59 Å². The van der Waals surface area contributed by atoms with Gasteiger partial charge in [-0.3, -0.25) is 10.1 Å². The quantitative estimate of drug-likeness (QED) is 0.744. The third-order valence-corrected chi connectivity index (χ3v) is 5.58. The topological polar surface area (TPSA) is 88.9 Å². The number of nitrogens with zero attached hydrogens (tertiary/aromatic N) is 3. The molecule has 0 radical (unpaired) electrons. The molecule has 1 fully saturated rings. The SMILES string of the molecule is Cc1nnc(SCC(=O)NC(=O)NC2CCCCC2)n1Cc1ccccc1. The zero-order valence-corrected chi connectivity index (χ0v) is 16.3. The molecule has 144 valence electrons. The van der Waals surface area contributed by atoms with Crippen LogP contribution in [0, 0.1) is 6.92 Å². The maximum absolute atomic E-state index is 12.1. The van der Waals surface area contributed by atoms with E-state index in [0.717, 1.165) is 37.1 Å². The molecule has 27 heavy (non-hydrogen) atoms. The predicted octanol–water partition coefficient (Wildman–Crippen LogP) is 2.89. The van der Waals surface area contributed by atoms with E-state index in [1.807, 2.05) is 41.8 Å². The Bertz CT molecular complexity index is 772. The summed E-state index contributed by atoms with van der Waals surface area (Å²) in [7, 11) is 0. The van der Waals surface area contributed by atoms with Crippen LogP contribution in [0.25, 0.3) is 0 Å². The highest BCUT2D eigenvalue weighted by Gasteiger charge is 2.18. The van der Waals surface area contributed by atoms with E-state index in [0.29, 0.717) is 11.7 Å². The summed E-state index contributed by atoms with van der Waals surface area (Å²) in [6, 6.07) is 9.79. The van der Waals surface area contributed by atoms with Crippen LogP contribution in [0.5, 0.6) is 0 Å². The number of imide groups is 1. The lowest BCUT2D eigenvalue weighted by Crippen LogP contribution is -2.45. The van der Waals surface area contributed by atoms with Gasteiger partial charge in [0.15, 0.2) is 5.16 Å². The van der Waals surface area contributed by atoms with Gasteiger partial charge in [-0.25, -0.2) is 4.79 Å². The molecule has 1 aromatic heterocycles.